The SMILES string of the molecule is C[C@@H](N)CNC[C@H](C)C(C)(C)O. The van der Waals surface area contributed by atoms with Crippen LogP contribution in [-0.2, 0) is 0 Å². The maximum absolute atomic E-state index is 9.58. The highest BCUT2D eigenvalue weighted by Crippen LogP contribution is 2.13. The van der Waals surface area contributed by atoms with E-state index in [0.717, 1.165) is 13.1 Å². The number of rotatable bonds is 5. The van der Waals surface area contributed by atoms with Crippen molar-refractivity contribution in [1.82, 2.24) is 5.32 Å². The van der Waals surface area contributed by atoms with Crippen molar-refractivity contribution in [2.24, 2.45) is 11.7 Å². The molecule has 0 rings (SSSR count). The second kappa shape index (κ2) is 4.80. The average Bonchev–Trinajstić information content (AvgIpc) is 1.84. The molecule has 2 atom stereocenters. The Morgan fingerprint density at radius 1 is 1.33 bits per heavy atom. The van der Waals surface area contributed by atoms with E-state index < -0.39 is 5.60 Å². The van der Waals surface area contributed by atoms with E-state index in [1.54, 1.807) is 0 Å². The van der Waals surface area contributed by atoms with E-state index in [-0.39, 0.29) is 12.0 Å². The van der Waals surface area contributed by atoms with E-state index in [1.165, 1.54) is 0 Å². The fraction of sp³-hybridized carbons (Fsp3) is 1.00. The number of hydrogen-bond donors (Lipinski definition) is 3. The summed E-state index contributed by atoms with van der Waals surface area (Å²) in [5.74, 6) is 0.247. The van der Waals surface area contributed by atoms with Crippen LogP contribution in [0.1, 0.15) is 27.7 Å². The number of nitrogens with two attached hydrogens (primary N) is 1. The van der Waals surface area contributed by atoms with Gasteiger partial charge in [0, 0.05) is 19.1 Å². The molecular formula is C9H22N2O. The van der Waals surface area contributed by atoms with Gasteiger partial charge in [-0.05, 0) is 26.7 Å². The molecule has 0 aromatic carbocycles. The average molecular weight is 174 g/mol. The van der Waals surface area contributed by atoms with Crippen molar-refractivity contribution in [2.45, 2.75) is 39.3 Å². The first kappa shape index (κ1) is 11.9. The van der Waals surface area contributed by atoms with Gasteiger partial charge in [0.05, 0.1) is 5.60 Å². The quantitative estimate of drug-likeness (QED) is 0.563. The second-order valence-electron chi connectivity index (χ2n) is 4.19. The van der Waals surface area contributed by atoms with Gasteiger partial charge in [0.15, 0.2) is 0 Å². The molecule has 0 aliphatic heterocycles. The molecule has 0 aromatic heterocycles. The van der Waals surface area contributed by atoms with Crippen LogP contribution in [0, 0.1) is 5.92 Å². The standard InChI is InChI=1S/C9H22N2O/c1-7(9(3,4)12)5-11-6-8(2)10/h7-8,11-12H,5-6,10H2,1-4H3/t7-,8+/m0/s1. The van der Waals surface area contributed by atoms with Crippen LogP contribution in [-0.4, -0.2) is 29.8 Å². The summed E-state index contributed by atoms with van der Waals surface area (Å²) in [5.41, 5.74) is 4.96. The van der Waals surface area contributed by atoms with Crippen molar-refractivity contribution in [3.8, 4) is 0 Å². The van der Waals surface area contributed by atoms with Crippen LogP contribution in [0.4, 0.5) is 0 Å². The Morgan fingerprint density at radius 2 is 1.83 bits per heavy atom. The predicted molar refractivity (Wildman–Crippen MR) is 52.0 cm³/mol. The minimum absolute atomic E-state index is 0.180. The zero-order valence-corrected chi connectivity index (χ0v) is 8.59. The summed E-state index contributed by atoms with van der Waals surface area (Å²) in [4.78, 5) is 0. The van der Waals surface area contributed by atoms with Crippen LogP contribution < -0.4 is 11.1 Å². The molecule has 3 nitrogen and oxygen atoms in total. The summed E-state index contributed by atoms with van der Waals surface area (Å²) in [7, 11) is 0. The van der Waals surface area contributed by atoms with Crippen LogP contribution in [0.25, 0.3) is 0 Å². The van der Waals surface area contributed by atoms with Crippen LogP contribution in [0.5, 0.6) is 0 Å². The van der Waals surface area contributed by atoms with Crippen molar-refractivity contribution in [3.05, 3.63) is 0 Å². The fourth-order valence-electron chi connectivity index (χ4n) is 0.777. The van der Waals surface area contributed by atoms with Crippen LogP contribution >= 0.6 is 0 Å². The van der Waals surface area contributed by atoms with Gasteiger partial charge in [0.2, 0.25) is 0 Å². The molecular weight excluding hydrogens is 152 g/mol. The fourth-order valence-corrected chi connectivity index (χ4v) is 0.777. The molecule has 0 bridgehead atoms. The first-order valence-corrected chi connectivity index (χ1v) is 4.52. The molecule has 0 saturated carbocycles. The van der Waals surface area contributed by atoms with Gasteiger partial charge in [-0.25, -0.2) is 0 Å². The molecule has 0 aliphatic carbocycles. The van der Waals surface area contributed by atoms with Gasteiger partial charge in [0.1, 0.15) is 0 Å². The summed E-state index contributed by atoms with van der Waals surface area (Å²) in [6.45, 7) is 9.25. The Kier molecular flexibility index (Phi) is 4.75. The van der Waals surface area contributed by atoms with Gasteiger partial charge in [-0.2, -0.15) is 0 Å². The van der Waals surface area contributed by atoms with E-state index in [9.17, 15) is 5.11 Å². The molecule has 0 fully saturated rings. The zero-order chi connectivity index (χ0) is 9.78. The van der Waals surface area contributed by atoms with Crippen LogP contribution in [0.15, 0.2) is 0 Å². The van der Waals surface area contributed by atoms with Gasteiger partial charge in [-0.15, -0.1) is 0 Å². The summed E-state index contributed by atoms with van der Waals surface area (Å²) in [6.07, 6.45) is 0. The first-order valence-electron chi connectivity index (χ1n) is 4.52. The molecule has 0 aliphatic rings. The Labute approximate surface area is 75.3 Å². The van der Waals surface area contributed by atoms with Gasteiger partial charge in [-0.1, -0.05) is 6.92 Å². The van der Waals surface area contributed by atoms with E-state index in [2.05, 4.69) is 5.32 Å². The normalized spacial score (nSPS) is 17.5. The molecule has 0 amide bonds. The molecule has 4 N–H and O–H groups in total. The summed E-state index contributed by atoms with van der Waals surface area (Å²) >= 11 is 0. The highest BCUT2D eigenvalue weighted by molar-refractivity contribution is 4.75. The van der Waals surface area contributed by atoms with Crippen molar-refractivity contribution < 1.29 is 5.11 Å². The van der Waals surface area contributed by atoms with E-state index in [0.29, 0.717) is 0 Å². The molecule has 0 spiro atoms. The van der Waals surface area contributed by atoms with E-state index in [1.807, 2.05) is 27.7 Å². The molecule has 12 heavy (non-hydrogen) atoms. The molecule has 0 unspecified atom stereocenters. The molecule has 0 aromatic rings. The Bertz CT molecular complexity index is 118. The lowest BCUT2D eigenvalue weighted by atomic mass is 9.93. The lowest BCUT2D eigenvalue weighted by Gasteiger charge is -2.26. The van der Waals surface area contributed by atoms with Gasteiger partial charge in [-0.3, -0.25) is 0 Å². The second-order valence-corrected chi connectivity index (χ2v) is 4.19. The van der Waals surface area contributed by atoms with Crippen molar-refractivity contribution in [2.75, 3.05) is 13.1 Å². The maximum Gasteiger partial charge on any atom is 0.0629 e. The lowest BCUT2D eigenvalue weighted by Crippen LogP contribution is -2.40. The molecule has 0 saturated heterocycles. The Hall–Kier alpha value is -0.120. The number of aliphatic hydroxyl groups is 1. The lowest BCUT2D eigenvalue weighted by molar-refractivity contribution is 0.0251. The van der Waals surface area contributed by atoms with Gasteiger partial charge in [0.25, 0.3) is 0 Å². The Balaban J connectivity index is 3.51. The smallest absolute Gasteiger partial charge is 0.0629 e. The maximum atomic E-state index is 9.58. The van der Waals surface area contributed by atoms with Crippen molar-refractivity contribution in [3.63, 3.8) is 0 Å². The Morgan fingerprint density at radius 3 is 2.17 bits per heavy atom. The van der Waals surface area contributed by atoms with E-state index >= 15 is 0 Å². The number of hydrogen-bond acceptors (Lipinski definition) is 3. The predicted octanol–water partition coefficient (Wildman–Crippen LogP) is 0.330. The third kappa shape index (κ3) is 5.52. The van der Waals surface area contributed by atoms with E-state index in [4.69, 9.17) is 5.73 Å². The third-order valence-corrected chi connectivity index (χ3v) is 2.12. The third-order valence-electron chi connectivity index (χ3n) is 2.12. The summed E-state index contributed by atoms with van der Waals surface area (Å²) < 4.78 is 0. The van der Waals surface area contributed by atoms with Crippen molar-refractivity contribution in [1.29, 1.82) is 0 Å². The van der Waals surface area contributed by atoms with Crippen molar-refractivity contribution >= 4 is 0 Å². The largest absolute Gasteiger partial charge is 0.390 e. The monoisotopic (exact) mass is 174 g/mol. The zero-order valence-electron chi connectivity index (χ0n) is 8.59. The molecule has 3 heteroatoms. The minimum Gasteiger partial charge on any atom is -0.390 e. The topological polar surface area (TPSA) is 58.3 Å². The number of nitrogens with one attached hydrogen (secondary N) is 1. The highest BCUT2D eigenvalue weighted by Gasteiger charge is 2.21. The van der Waals surface area contributed by atoms with Crippen LogP contribution in [0.2, 0.25) is 0 Å². The molecule has 74 valence electrons. The highest BCUT2D eigenvalue weighted by atomic mass is 16.3. The van der Waals surface area contributed by atoms with Gasteiger partial charge < -0.3 is 16.2 Å². The minimum atomic E-state index is -0.606. The van der Waals surface area contributed by atoms with Crippen LogP contribution in [0.3, 0.4) is 0 Å². The first-order chi connectivity index (χ1) is 5.34. The van der Waals surface area contributed by atoms with Gasteiger partial charge >= 0.3 is 0 Å². The summed E-state index contributed by atoms with van der Waals surface area (Å²) in [6, 6.07) is 0.180. The summed E-state index contributed by atoms with van der Waals surface area (Å²) in [5, 5.41) is 12.8. The molecule has 0 radical (unpaired) electrons. The molecule has 0 heterocycles.